The van der Waals surface area contributed by atoms with E-state index in [1.165, 1.54) is 0 Å². The summed E-state index contributed by atoms with van der Waals surface area (Å²) in [7, 11) is 3.22. The Hall–Kier alpha value is -4.02. The SMILES string of the molecule is COc1ccc(C#Cc2ccc(C#Cc3ccc4c(c3)OCO4)cc2)cc1OC. The first-order valence-corrected chi connectivity index (χ1v) is 9.01. The zero-order valence-electron chi connectivity index (χ0n) is 16.1. The zero-order valence-corrected chi connectivity index (χ0v) is 16.1. The highest BCUT2D eigenvalue weighted by Gasteiger charge is 2.12. The van der Waals surface area contributed by atoms with Gasteiger partial charge in [0.15, 0.2) is 23.0 Å². The van der Waals surface area contributed by atoms with E-state index in [9.17, 15) is 0 Å². The predicted molar refractivity (Wildman–Crippen MR) is 111 cm³/mol. The number of ether oxygens (including phenoxy) is 4. The van der Waals surface area contributed by atoms with Gasteiger partial charge >= 0.3 is 0 Å². The maximum absolute atomic E-state index is 5.38. The van der Waals surface area contributed by atoms with Crippen LogP contribution in [0.2, 0.25) is 0 Å². The molecule has 4 nitrogen and oxygen atoms in total. The third-order valence-electron chi connectivity index (χ3n) is 4.34. The highest BCUT2D eigenvalue weighted by atomic mass is 16.7. The summed E-state index contributed by atoms with van der Waals surface area (Å²) in [5.74, 6) is 15.4. The van der Waals surface area contributed by atoms with Crippen LogP contribution < -0.4 is 18.9 Å². The summed E-state index contributed by atoms with van der Waals surface area (Å²) in [5.41, 5.74) is 3.56. The Kier molecular flexibility index (Phi) is 5.27. The maximum Gasteiger partial charge on any atom is 0.231 e. The highest BCUT2D eigenvalue weighted by molar-refractivity contribution is 5.53. The molecular formula is C25H18O4. The molecular weight excluding hydrogens is 364 g/mol. The van der Waals surface area contributed by atoms with Crippen molar-refractivity contribution < 1.29 is 18.9 Å². The molecule has 0 aromatic heterocycles. The Bertz CT molecular complexity index is 1160. The fourth-order valence-corrected chi connectivity index (χ4v) is 2.81. The monoisotopic (exact) mass is 382 g/mol. The van der Waals surface area contributed by atoms with Crippen LogP contribution >= 0.6 is 0 Å². The topological polar surface area (TPSA) is 36.9 Å². The van der Waals surface area contributed by atoms with Crippen LogP contribution in [0.15, 0.2) is 60.7 Å². The Morgan fingerprint density at radius 1 is 0.586 bits per heavy atom. The molecule has 1 aliphatic heterocycles. The van der Waals surface area contributed by atoms with Crippen LogP contribution in [0, 0.1) is 23.7 Å². The molecule has 0 unspecified atom stereocenters. The zero-order chi connectivity index (χ0) is 20.1. The fourth-order valence-electron chi connectivity index (χ4n) is 2.81. The van der Waals surface area contributed by atoms with Crippen molar-refractivity contribution in [1.29, 1.82) is 0 Å². The van der Waals surface area contributed by atoms with Crippen molar-refractivity contribution >= 4 is 0 Å². The fraction of sp³-hybridized carbons (Fsp3) is 0.120. The van der Waals surface area contributed by atoms with Gasteiger partial charge in [0.1, 0.15) is 0 Å². The molecule has 4 heteroatoms. The molecule has 142 valence electrons. The molecule has 0 spiro atoms. The van der Waals surface area contributed by atoms with Crippen molar-refractivity contribution in [3.63, 3.8) is 0 Å². The molecule has 0 fully saturated rings. The van der Waals surface area contributed by atoms with E-state index in [0.29, 0.717) is 11.5 Å². The van der Waals surface area contributed by atoms with Gasteiger partial charge in [-0.05, 0) is 60.7 Å². The number of hydrogen-bond donors (Lipinski definition) is 0. The molecule has 1 heterocycles. The molecule has 0 saturated heterocycles. The third-order valence-corrected chi connectivity index (χ3v) is 4.34. The van der Waals surface area contributed by atoms with E-state index in [2.05, 4.69) is 23.7 Å². The second kappa shape index (κ2) is 8.33. The summed E-state index contributed by atoms with van der Waals surface area (Å²) in [6.45, 7) is 0.262. The van der Waals surface area contributed by atoms with Crippen molar-refractivity contribution in [3.05, 3.63) is 82.9 Å². The molecule has 3 aromatic carbocycles. The number of hydrogen-bond acceptors (Lipinski definition) is 4. The normalized spacial score (nSPS) is 11.0. The minimum absolute atomic E-state index is 0.262. The van der Waals surface area contributed by atoms with E-state index < -0.39 is 0 Å². The molecule has 29 heavy (non-hydrogen) atoms. The van der Waals surface area contributed by atoms with Gasteiger partial charge in [0.05, 0.1) is 14.2 Å². The van der Waals surface area contributed by atoms with Crippen LogP contribution in [0.25, 0.3) is 0 Å². The molecule has 1 aliphatic rings. The van der Waals surface area contributed by atoms with Gasteiger partial charge < -0.3 is 18.9 Å². The van der Waals surface area contributed by atoms with Gasteiger partial charge in [0.25, 0.3) is 0 Å². The first-order valence-electron chi connectivity index (χ1n) is 9.01. The quantitative estimate of drug-likeness (QED) is 0.622. The molecule has 0 saturated carbocycles. The van der Waals surface area contributed by atoms with Crippen LogP contribution in [-0.2, 0) is 0 Å². The van der Waals surface area contributed by atoms with E-state index in [1.807, 2.05) is 60.7 Å². The second-order valence-electron chi connectivity index (χ2n) is 6.22. The summed E-state index contributed by atoms with van der Waals surface area (Å²) >= 11 is 0. The lowest BCUT2D eigenvalue weighted by Crippen LogP contribution is -1.92. The Labute approximate surface area is 170 Å². The third kappa shape index (κ3) is 4.29. The largest absolute Gasteiger partial charge is 0.493 e. The summed E-state index contributed by atoms with van der Waals surface area (Å²) < 4.78 is 21.2. The van der Waals surface area contributed by atoms with Crippen molar-refractivity contribution in [2.75, 3.05) is 21.0 Å². The number of fused-ring (bicyclic) bond motifs is 1. The van der Waals surface area contributed by atoms with E-state index in [1.54, 1.807) is 14.2 Å². The number of benzene rings is 3. The standard InChI is InChI=1S/C25H18O4/c1-26-22-13-11-20(15-24(22)27-2)9-7-18-3-5-19(6-4-18)8-10-21-12-14-23-25(16-21)29-17-28-23/h3-6,11-16H,17H2,1-2H3. The average molecular weight is 382 g/mol. The molecule has 0 radical (unpaired) electrons. The van der Waals surface area contributed by atoms with Crippen molar-refractivity contribution in [2.45, 2.75) is 0 Å². The summed E-state index contributed by atoms with van der Waals surface area (Å²) in [5, 5.41) is 0. The Morgan fingerprint density at radius 3 is 1.76 bits per heavy atom. The molecule has 0 amide bonds. The van der Waals surface area contributed by atoms with Gasteiger partial charge in [-0.15, -0.1) is 0 Å². The van der Waals surface area contributed by atoms with Crippen LogP contribution in [0.5, 0.6) is 23.0 Å². The van der Waals surface area contributed by atoms with E-state index in [0.717, 1.165) is 33.8 Å². The maximum atomic E-state index is 5.38. The van der Waals surface area contributed by atoms with Gasteiger partial charge in [0.2, 0.25) is 6.79 Å². The summed E-state index contributed by atoms with van der Waals surface area (Å²) in [6.07, 6.45) is 0. The van der Waals surface area contributed by atoms with Crippen molar-refractivity contribution in [1.82, 2.24) is 0 Å². The van der Waals surface area contributed by atoms with E-state index >= 15 is 0 Å². The Balaban J connectivity index is 1.48. The Morgan fingerprint density at radius 2 is 1.10 bits per heavy atom. The summed E-state index contributed by atoms with van der Waals surface area (Å²) in [4.78, 5) is 0. The van der Waals surface area contributed by atoms with Gasteiger partial charge in [0, 0.05) is 22.3 Å². The van der Waals surface area contributed by atoms with Gasteiger partial charge in [-0.2, -0.15) is 0 Å². The van der Waals surface area contributed by atoms with E-state index in [4.69, 9.17) is 18.9 Å². The minimum Gasteiger partial charge on any atom is -0.493 e. The molecule has 4 rings (SSSR count). The van der Waals surface area contributed by atoms with Crippen LogP contribution in [0.3, 0.4) is 0 Å². The number of rotatable bonds is 2. The first-order chi connectivity index (χ1) is 14.2. The van der Waals surface area contributed by atoms with E-state index in [-0.39, 0.29) is 6.79 Å². The van der Waals surface area contributed by atoms with Crippen LogP contribution in [-0.4, -0.2) is 21.0 Å². The lowest BCUT2D eigenvalue weighted by molar-refractivity contribution is 0.174. The predicted octanol–water partition coefficient (Wildman–Crippen LogP) is 4.23. The molecule has 0 N–H and O–H groups in total. The number of methoxy groups -OCH3 is 2. The average Bonchev–Trinajstić information content (AvgIpc) is 3.24. The highest BCUT2D eigenvalue weighted by Crippen LogP contribution is 2.32. The molecule has 0 aliphatic carbocycles. The smallest absolute Gasteiger partial charge is 0.231 e. The summed E-state index contributed by atoms with van der Waals surface area (Å²) in [6, 6.07) is 19.1. The van der Waals surface area contributed by atoms with Crippen LogP contribution in [0.4, 0.5) is 0 Å². The molecule has 0 atom stereocenters. The van der Waals surface area contributed by atoms with Crippen molar-refractivity contribution in [3.8, 4) is 46.7 Å². The van der Waals surface area contributed by atoms with Crippen LogP contribution in [0.1, 0.15) is 22.3 Å². The first kappa shape index (κ1) is 18.3. The van der Waals surface area contributed by atoms with Crippen molar-refractivity contribution in [2.24, 2.45) is 0 Å². The second-order valence-corrected chi connectivity index (χ2v) is 6.22. The lowest BCUT2D eigenvalue weighted by atomic mass is 10.1. The molecule has 3 aromatic rings. The lowest BCUT2D eigenvalue weighted by Gasteiger charge is -2.06. The minimum atomic E-state index is 0.262. The van der Waals surface area contributed by atoms with Gasteiger partial charge in [-0.25, -0.2) is 0 Å². The van der Waals surface area contributed by atoms with Gasteiger partial charge in [-0.1, -0.05) is 23.7 Å². The molecule has 0 bridgehead atoms. The van der Waals surface area contributed by atoms with Gasteiger partial charge in [-0.3, -0.25) is 0 Å².